The second-order valence-corrected chi connectivity index (χ2v) is 8.35. The minimum Gasteiger partial charge on any atom is -0.372 e. The van der Waals surface area contributed by atoms with Crippen LogP contribution in [-0.4, -0.2) is 31.4 Å². The van der Waals surface area contributed by atoms with Crippen LogP contribution in [0.3, 0.4) is 0 Å². The first-order valence-corrected chi connectivity index (χ1v) is 10.6. The van der Waals surface area contributed by atoms with Crippen LogP contribution in [0.15, 0.2) is 48.5 Å². The van der Waals surface area contributed by atoms with E-state index >= 15 is 0 Å². The monoisotopic (exact) mass is 391 g/mol. The Kier molecular flexibility index (Phi) is 5.56. The molecule has 2 aliphatic rings. The zero-order valence-electron chi connectivity index (χ0n) is 17.2. The molecule has 0 aliphatic carbocycles. The molecule has 1 unspecified atom stereocenters. The van der Waals surface area contributed by atoms with Crippen LogP contribution in [-0.2, 0) is 9.59 Å². The fourth-order valence-electron chi connectivity index (χ4n) is 4.31. The Bertz CT molecular complexity index is 885. The van der Waals surface area contributed by atoms with Crippen LogP contribution in [0, 0.1) is 5.92 Å². The van der Waals surface area contributed by atoms with E-state index in [2.05, 4.69) is 42.3 Å². The van der Waals surface area contributed by atoms with Gasteiger partial charge in [-0.1, -0.05) is 32.0 Å². The summed E-state index contributed by atoms with van der Waals surface area (Å²) in [5.74, 6) is -0.0820. The molecule has 2 fully saturated rings. The van der Waals surface area contributed by atoms with Gasteiger partial charge in [0.2, 0.25) is 11.8 Å². The number of amides is 2. The van der Waals surface area contributed by atoms with Crippen LogP contribution < -0.4 is 15.1 Å². The topological polar surface area (TPSA) is 52.7 Å². The van der Waals surface area contributed by atoms with Gasteiger partial charge in [0.1, 0.15) is 0 Å². The second-order valence-electron chi connectivity index (χ2n) is 8.35. The highest BCUT2D eigenvalue weighted by Crippen LogP contribution is 2.32. The summed E-state index contributed by atoms with van der Waals surface area (Å²) in [5.41, 5.74) is 4.05. The van der Waals surface area contributed by atoms with Gasteiger partial charge >= 0.3 is 0 Å². The highest BCUT2D eigenvalue weighted by Gasteiger charge is 2.36. The highest BCUT2D eigenvalue weighted by molar-refractivity contribution is 6.04. The van der Waals surface area contributed by atoms with E-state index in [1.807, 2.05) is 30.3 Å². The van der Waals surface area contributed by atoms with Gasteiger partial charge in [-0.2, -0.15) is 0 Å². The first-order valence-electron chi connectivity index (χ1n) is 10.6. The largest absolute Gasteiger partial charge is 0.372 e. The maximum atomic E-state index is 12.8. The van der Waals surface area contributed by atoms with E-state index in [9.17, 15) is 9.59 Å². The Labute approximate surface area is 172 Å². The molecule has 5 nitrogen and oxygen atoms in total. The number of hydrogen-bond acceptors (Lipinski definition) is 3. The lowest BCUT2D eigenvalue weighted by Gasteiger charge is -2.22. The summed E-state index contributed by atoms with van der Waals surface area (Å²) >= 11 is 0. The number of rotatable bonds is 5. The Hall–Kier alpha value is -2.82. The van der Waals surface area contributed by atoms with Gasteiger partial charge in [0, 0.05) is 43.1 Å². The summed E-state index contributed by atoms with van der Waals surface area (Å²) in [5, 5.41) is 3.00. The maximum absolute atomic E-state index is 12.8. The molecule has 2 aromatic rings. The van der Waals surface area contributed by atoms with Gasteiger partial charge in [0.15, 0.2) is 0 Å². The zero-order chi connectivity index (χ0) is 20.4. The number of anilines is 3. The molecule has 2 heterocycles. The first-order chi connectivity index (χ1) is 14.0. The van der Waals surface area contributed by atoms with Crippen LogP contribution in [0.25, 0.3) is 0 Å². The summed E-state index contributed by atoms with van der Waals surface area (Å²) in [6.07, 6.45) is 2.74. The van der Waals surface area contributed by atoms with Crippen molar-refractivity contribution in [2.75, 3.05) is 34.8 Å². The Morgan fingerprint density at radius 3 is 2.41 bits per heavy atom. The van der Waals surface area contributed by atoms with Gasteiger partial charge in [-0.25, -0.2) is 0 Å². The van der Waals surface area contributed by atoms with Crippen molar-refractivity contribution < 1.29 is 9.59 Å². The van der Waals surface area contributed by atoms with E-state index in [4.69, 9.17) is 0 Å². The molecule has 152 valence electrons. The number of hydrogen-bond donors (Lipinski definition) is 1. The van der Waals surface area contributed by atoms with Crippen molar-refractivity contribution in [1.29, 1.82) is 0 Å². The number of carbonyl (C=O) groups excluding carboxylic acids is 2. The molecular formula is C24H29N3O2. The van der Waals surface area contributed by atoms with Crippen LogP contribution in [0.1, 0.15) is 44.6 Å². The average Bonchev–Trinajstić information content (AvgIpc) is 3.38. The molecule has 0 spiro atoms. The van der Waals surface area contributed by atoms with E-state index in [0.29, 0.717) is 12.5 Å². The lowest BCUT2D eigenvalue weighted by Crippen LogP contribution is -2.29. The summed E-state index contributed by atoms with van der Waals surface area (Å²) in [7, 11) is 0. The zero-order valence-corrected chi connectivity index (χ0v) is 17.2. The molecular weight excluding hydrogens is 362 g/mol. The summed E-state index contributed by atoms with van der Waals surface area (Å²) in [4.78, 5) is 29.6. The summed E-state index contributed by atoms with van der Waals surface area (Å²) < 4.78 is 0. The third kappa shape index (κ3) is 4.14. The van der Waals surface area contributed by atoms with Crippen LogP contribution in [0.4, 0.5) is 17.1 Å². The van der Waals surface area contributed by atoms with Gasteiger partial charge in [0.25, 0.3) is 0 Å². The van der Waals surface area contributed by atoms with Crippen molar-refractivity contribution >= 4 is 28.9 Å². The van der Waals surface area contributed by atoms with Crippen LogP contribution in [0.2, 0.25) is 0 Å². The number of benzene rings is 2. The predicted molar refractivity (Wildman–Crippen MR) is 118 cm³/mol. The van der Waals surface area contributed by atoms with E-state index in [1.165, 1.54) is 18.5 Å². The van der Waals surface area contributed by atoms with Crippen molar-refractivity contribution in [3.63, 3.8) is 0 Å². The Morgan fingerprint density at radius 1 is 1.03 bits per heavy atom. The number of nitrogens with one attached hydrogen (secondary N) is 1. The standard InChI is InChI=1S/C24H29N3O2/c1-17(2)21-7-3-4-8-22(21)27-16-18(15-23(27)28)24(29)25-19-9-11-20(12-10-19)26-13-5-6-14-26/h3-4,7-12,17-18H,5-6,13-16H2,1-2H3,(H,25,29). The molecule has 0 radical (unpaired) electrons. The fourth-order valence-corrected chi connectivity index (χ4v) is 4.31. The number of nitrogens with zero attached hydrogens (tertiary/aromatic N) is 2. The third-order valence-electron chi connectivity index (χ3n) is 5.95. The van der Waals surface area contributed by atoms with Gasteiger partial charge in [-0.15, -0.1) is 0 Å². The molecule has 4 rings (SSSR count). The highest BCUT2D eigenvalue weighted by atomic mass is 16.2. The van der Waals surface area contributed by atoms with E-state index in [-0.39, 0.29) is 24.2 Å². The van der Waals surface area contributed by atoms with Gasteiger partial charge in [-0.3, -0.25) is 9.59 Å². The minimum absolute atomic E-state index is 0.0163. The summed E-state index contributed by atoms with van der Waals surface area (Å²) in [6, 6.07) is 16.0. The van der Waals surface area contributed by atoms with Crippen molar-refractivity contribution in [3.05, 3.63) is 54.1 Å². The third-order valence-corrected chi connectivity index (χ3v) is 5.95. The van der Waals surface area contributed by atoms with Gasteiger partial charge in [0.05, 0.1) is 5.92 Å². The summed E-state index contributed by atoms with van der Waals surface area (Å²) in [6.45, 7) is 6.87. The molecule has 0 bridgehead atoms. The van der Waals surface area contributed by atoms with E-state index < -0.39 is 0 Å². The van der Waals surface area contributed by atoms with Crippen molar-refractivity contribution in [2.24, 2.45) is 5.92 Å². The van der Waals surface area contributed by atoms with Crippen molar-refractivity contribution in [1.82, 2.24) is 0 Å². The van der Waals surface area contributed by atoms with Crippen molar-refractivity contribution in [2.45, 2.75) is 39.0 Å². The average molecular weight is 392 g/mol. The SMILES string of the molecule is CC(C)c1ccccc1N1CC(C(=O)Nc2ccc(N3CCCC3)cc2)CC1=O. The molecule has 1 atom stereocenters. The normalized spacial score (nSPS) is 19.3. The lowest BCUT2D eigenvalue weighted by atomic mass is 10.0. The molecule has 2 saturated heterocycles. The fraction of sp³-hybridized carbons (Fsp3) is 0.417. The number of carbonyl (C=O) groups is 2. The van der Waals surface area contributed by atoms with Crippen LogP contribution in [0.5, 0.6) is 0 Å². The molecule has 2 aromatic carbocycles. The molecule has 29 heavy (non-hydrogen) atoms. The molecule has 2 amide bonds. The Balaban J connectivity index is 1.42. The minimum atomic E-state index is -0.332. The first kappa shape index (κ1) is 19.5. The van der Waals surface area contributed by atoms with Gasteiger partial charge < -0.3 is 15.1 Å². The maximum Gasteiger partial charge on any atom is 0.229 e. The Morgan fingerprint density at radius 2 is 1.72 bits per heavy atom. The van der Waals surface area contributed by atoms with Crippen molar-refractivity contribution in [3.8, 4) is 0 Å². The van der Waals surface area contributed by atoms with Crippen LogP contribution >= 0.6 is 0 Å². The lowest BCUT2D eigenvalue weighted by molar-refractivity contribution is -0.122. The smallest absolute Gasteiger partial charge is 0.229 e. The van der Waals surface area contributed by atoms with E-state index in [0.717, 1.165) is 30.0 Å². The molecule has 0 aromatic heterocycles. The molecule has 5 heteroatoms. The molecule has 0 saturated carbocycles. The second kappa shape index (κ2) is 8.27. The molecule has 2 aliphatic heterocycles. The van der Waals surface area contributed by atoms with E-state index in [1.54, 1.807) is 4.90 Å². The molecule has 1 N–H and O–H groups in total. The predicted octanol–water partition coefficient (Wildman–Crippen LogP) is 4.40. The number of para-hydroxylation sites is 1. The van der Waals surface area contributed by atoms with Gasteiger partial charge in [-0.05, 0) is 54.7 Å². The quantitative estimate of drug-likeness (QED) is 0.822.